The fourth-order valence-corrected chi connectivity index (χ4v) is 2.56. The molecular formula is C14H18N4O2. The summed E-state index contributed by atoms with van der Waals surface area (Å²) in [4.78, 5) is 14.2. The summed E-state index contributed by atoms with van der Waals surface area (Å²) in [6, 6.07) is 1.72. The van der Waals surface area contributed by atoms with Gasteiger partial charge in [-0.15, -0.1) is 10.2 Å². The topological polar surface area (TPSA) is 64.2 Å². The zero-order valence-corrected chi connectivity index (χ0v) is 12.0. The fourth-order valence-electron chi connectivity index (χ4n) is 2.56. The molecule has 0 bridgehead atoms. The number of carbonyl (C=O) groups excluding carboxylic acids is 1. The number of nitrogens with zero attached hydrogens (tertiary/aromatic N) is 4. The van der Waals surface area contributed by atoms with Gasteiger partial charge in [0.05, 0.1) is 18.4 Å². The van der Waals surface area contributed by atoms with Crippen LogP contribution in [-0.2, 0) is 13.1 Å². The SMILES string of the molecule is Cc1occc1C(=O)N1CCn2c(nnc2C(C)C)C1. The van der Waals surface area contributed by atoms with Gasteiger partial charge >= 0.3 is 0 Å². The van der Waals surface area contributed by atoms with Crippen molar-refractivity contribution in [2.75, 3.05) is 6.54 Å². The lowest BCUT2D eigenvalue weighted by atomic mass is 10.2. The number of amides is 1. The molecule has 1 aliphatic heterocycles. The summed E-state index contributed by atoms with van der Waals surface area (Å²) < 4.78 is 7.32. The molecule has 1 aliphatic rings. The van der Waals surface area contributed by atoms with E-state index in [4.69, 9.17) is 4.42 Å². The number of rotatable bonds is 2. The maximum atomic E-state index is 12.4. The molecule has 0 aromatic carbocycles. The second-order valence-electron chi connectivity index (χ2n) is 5.40. The van der Waals surface area contributed by atoms with Gasteiger partial charge in [0.25, 0.3) is 5.91 Å². The maximum Gasteiger partial charge on any atom is 0.257 e. The van der Waals surface area contributed by atoms with Crippen LogP contribution in [-0.4, -0.2) is 32.1 Å². The number of carbonyl (C=O) groups is 1. The van der Waals surface area contributed by atoms with E-state index in [1.54, 1.807) is 24.2 Å². The van der Waals surface area contributed by atoms with Crippen molar-refractivity contribution in [2.45, 2.75) is 39.8 Å². The molecule has 0 spiro atoms. The largest absolute Gasteiger partial charge is 0.469 e. The van der Waals surface area contributed by atoms with Crippen molar-refractivity contribution in [1.82, 2.24) is 19.7 Å². The Bertz CT molecular complexity index is 641. The zero-order chi connectivity index (χ0) is 14.3. The van der Waals surface area contributed by atoms with Crippen molar-refractivity contribution >= 4 is 5.91 Å². The second-order valence-corrected chi connectivity index (χ2v) is 5.40. The van der Waals surface area contributed by atoms with Crippen LogP contribution in [0.25, 0.3) is 0 Å². The Balaban J connectivity index is 1.83. The van der Waals surface area contributed by atoms with Gasteiger partial charge in [-0.1, -0.05) is 13.8 Å². The highest BCUT2D eigenvalue weighted by molar-refractivity contribution is 5.95. The number of aryl methyl sites for hydroxylation is 1. The molecule has 1 amide bonds. The van der Waals surface area contributed by atoms with Crippen LogP contribution in [0.2, 0.25) is 0 Å². The lowest BCUT2D eigenvalue weighted by Gasteiger charge is -2.28. The van der Waals surface area contributed by atoms with Crippen molar-refractivity contribution in [2.24, 2.45) is 0 Å². The van der Waals surface area contributed by atoms with Crippen LogP contribution in [0.5, 0.6) is 0 Å². The second kappa shape index (κ2) is 4.77. The first-order chi connectivity index (χ1) is 9.58. The lowest BCUT2D eigenvalue weighted by Crippen LogP contribution is -2.39. The quantitative estimate of drug-likeness (QED) is 0.839. The van der Waals surface area contributed by atoms with Crippen LogP contribution < -0.4 is 0 Å². The fraction of sp³-hybridized carbons (Fsp3) is 0.500. The standard InChI is InChI=1S/C14H18N4O2/c1-9(2)13-16-15-12-8-17(5-6-18(12)13)14(19)11-4-7-20-10(11)3/h4,7,9H,5-6,8H2,1-3H3. The number of fused-ring (bicyclic) bond motifs is 1. The number of hydrogen-bond acceptors (Lipinski definition) is 4. The molecule has 0 radical (unpaired) electrons. The van der Waals surface area contributed by atoms with Gasteiger partial charge in [0.1, 0.15) is 11.6 Å². The molecule has 0 fully saturated rings. The predicted octanol–water partition coefficient (Wildman–Crippen LogP) is 1.96. The molecule has 0 atom stereocenters. The summed E-state index contributed by atoms with van der Waals surface area (Å²) in [5, 5.41) is 8.44. The van der Waals surface area contributed by atoms with Crippen LogP contribution >= 0.6 is 0 Å². The van der Waals surface area contributed by atoms with E-state index in [1.807, 2.05) is 0 Å². The van der Waals surface area contributed by atoms with E-state index in [0.717, 1.165) is 18.2 Å². The molecule has 0 N–H and O–H groups in total. The van der Waals surface area contributed by atoms with Crippen LogP contribution in [0.4, 0.5) is 0 Å². The minimum Gasteiger partial charge on any atom is -0.469 e. The van der Waals surface area contributed by atoms with E-state index < -0.39 is 0 Å². The van der Waals surface area contributed by atoms with Gasteiger partial charge in [0, 0.05) is 19.0 Å². The number of hydrogen-bond donors (Lipinski definition) is 0. The van der Waals surface area contributed by atoms with Gasteiger partial charge in [-0.25, -0.2) is 0 Å². The lowest BCUT2D eigenvalue weighted by molar-refractivity contribution is 0.0704. The molecule has 2 aromatic heterocycles. The van der Waals surface area contributed by atoms with E-state index in [2.05, 4.69) is 28.6 Å². The van der Waals surface area contributed by atoms with Crippen LogP contribution in [0.15, 0.2) is 16.7 Å². The highest BCUT2D eigenvalue weighted by Gasteiger charge is 2.27. The molecule has 3 rings (SSSR count). The molecule has 2 aromatic rings. The summed E-state index contributed by atoms with van der Waals surface area (Å²) in [5.74, 6) is 2.84. The van der Waals surface area contributed by atoms with Crippen LogP contribution in [0, 0.1) is 6.92 Å². The molecule has 3 heterocycles. The first-order valence-electron chi connectivity index (χ1n) is 6.83. The van der Waals surface area contributed by atoms with Gasteiger partial charge in [-0.3, -0.25) is 4.79 Å². The zero-order valence-electron chi connectivity index (χ0n) is 12.0. The average Bonchev–Trinajstić information content (AvgIpc) is 3.02. The molecule has 106 valence electrons. The van der Waals surface area contributed by atoms with E-state index in [-0.39, 0.29) is 5.91 Å². The summed E-state index contributed by atoms with van der Waals surface area (Å²) in [7, 11) is 0. The molecule has 0 saturated carbocycles. The van der Waals surface area contributed by atoms with Gasteiger partial charge in [-0.2, -0.15) is 0 Å². The minimum absolute atomic E-state index is 0.00315. The molecule has 0 unspecified atom stereocenters. The molecular weight excluding hydrogens is 256 g/mol. The van der Waals surface area contributed by atoms with Crippen molar-refractivity contribution in [1.29, 1.82) is 0 Å². The van der Waals surface area contributed by atoms with Gasteiger partial charge < -0.3 is 13.9 Å². The summed E-state index contributed by atoms with van der Waals surface area (Å²) in [5.41, 5.74) is 0.627. The monoisotopic (exact) mass is 274 g/mol. The normalized spacial score (nSPS) is 14.7. The van der Waals surface area contributed by atoms with Gasteiger partial charge in [0.15, 0.2) is 5.82 Å². The smallest absolute Gasteiger partial charge is 0.257 e. The van der Waals surface area contributed by atoms with E-state index >= 15 is 0 Å². The molecule has 6 nitrogen and oxygen atoms in total. The van der Waals surface area contributed by atoms with Crippen molar-refractivity contribution in [3.63, 3.8) is 0 Å². The third kappa shape index (κ3) is 2.01. The first-order valence-corrected chi connectivity index (χ1v) is 6.83. The minimum atomic E-state index is -0.00315. The molecule has 0 saturated heterocycles. The van der Waals surface area contributed by atoms with E-state index in [9.17, 15) is 4.79 Å². The van der Waals surface area contributed by atoms with Crippen LogP contribution in [0.3, 0.4) is 0 Å². The Hall–Kier alpha value is -2.11. The predicted molar refractivity (Wildman–Crippen MR) is 72.3 cm³/mol. The van der Waals surface area contributed by atoms with Gasteiger partial charge in [-0.05, 0) is 13.0 Å². The Morgan fingerprint density at radius 2 is 2.15 bits per heavy atom. The molecule has 6 heteroatoms. The highest BCUT2D eigenvalue weighted by atomic mass is 16.3. The molecule has 0 aliphatic carbocycles. The first kappa shape index (κ1) is 12.9. The van der Waals surface area contributed by atoms with Crippen molar-refractivity contribution in [3.8, 4) is 0 Å². The average molecular weight is 274 g/mol. The van der Waals surface area contributed by atoms with E-state index in [1.165, 1.54) is 0 Å². The third-order valence-electron chi connectivity index (χ3n) is 3.67. The summed E-state index contributed by atoms with van der Waals surface area (Å²) >= 11 is 0. The Morgan fingerprint density at radius 1 is 1.35 bits per heavy atom. The third-order valence-corrected chi connectivity index (χ3v) is 3.67. The Kier molecular flexibility index (Phi) is 3.08. The Morgan fingerprint density at radius 3 is 2.80 bits per heavy atom. The Labute approximate surface area is 117 Å². The number of furan rings is 1. The highest BCUT2D eigenvalue weighted by Crippen LogP contribution is 2.20. The molecule has 20 heavy (non-hydrogen) atoms. The van der Waals surface area contributed by atoms with Crippen LogP contribution in [0.1, 0.15) is 47.5 Å². The van der Waals surface area contributed by atoms with E-state index in [0.29, 0.717) is 30.3 Å². The number of aromatic nitrogens is 3. The summed E-state index contributed by atoms with van der Waals surface area (Å²) in [6.45, 7) is 7.93. The van der Waals surface area contributed by atoms with Crippen molar-refractivity contribution in [3.05, 3.63) is 35.3 Å². The van der Waals surface area contributed by atoms with Crippen molar-refractivity contribution < 1.29 is 9.21 Å². The summed E-state index contributed by atoms with van der Waals surface area (Å²) in [6.07, 6.45) is 1.55. The maximum absolute atomic E-state index is 12.4. The van der Waals surface area contributed by atoms with Gasteiger partial charge in [0.2, 0.25) is 0 Å².